The molecule has 0 saturated carbocycles. The number of alkyl halides is 6. The van der Waals surface area contributed by atoms with Gasteiger partial charge in [-0.3, -0.25) is 28.9 Å². The Morgan fingerprint density at radius 1 is 0.862 bits per heavy atom. The Kier molecular flexibility index (Phi) is 12.3. The number of likely N-dealkylation sites (tertiary alicyclic amines) is 2. The Balaban J connectivity index is 0.000000464. The fourth-order valence-electron chi connectivity index (χ4n) is 8.65. The highest BCUT2D eigenvalue weighted by Gasteiger charge is 2.55. The molecule has 2 aliphatic heterocycles. The topological polar surface area (TPSA) is 101 Å². The number of aromatic nitrogens is 4. The molecule has 2 aromatic heterocycles. The van der Waals surface area contributed by atoms with Gasteiger partial charge in [-0.1, -0.05) is 31.5 Å². The molecule has 2 saturated heterocycles. The Bertz CT molecular complexity index is 2050. The number of benzene rings is 1. The van der Waals surface area contributed by atoms with Gasteiger partial charge in [0.1, 0.15) is 12.2 Å². The van der Waals surface area contributed by atoms with E-state index < -0.39 is 53.2 Å². The molecule has 1 aromatic carbocycles. The highest BCUT2D eigenvalue weighted by atomic mass is 35.5. The second-order valence-corrected chi connectivity index (χ2v) is 17.2. The van der Waals surface area contributed by atoms with Crippen LogP contribution in [0.4, 0.5) is 39.5 Å². The summed E-state index contributed by atoms with van der Waals surface area (Å²) in [6, 6.07) is 4.34. The lowest BCUT2D eigenvalue weighted by Gasteiger charge is -2.47. The molecule has 3 aliphatic rings. The summed E-state index contributed by atoms with van der Waals surface area (Å²) in [5, 5.41) is 4.97. The number of hydrogen-bond acceptors (Lipinski definition) is 7. The van der Waals surface area contributed by atoms with Crippen molar-refractivity contribution >= 4 is 29.1 Å². The van der Waals surface area contributed by atoms with Crippen LogP contribution in [0.2, 0.25) is 5.02 Å². The van der Waals surface area contributed by atoms with Crippen molar-refractivity contribution in [2.45, 2.75) is 108 Å². The SMILES string of the molecule is Cc1nc2c(cc1Cl)[C@H](C(C)(C)c1ncnn1C)CC21CCN(C(=O)C2CCN(C(C)(C)C)C[C@H]2c2ccc(F)c(F)c2F)CC1.O=C(C(=O)C(F)(F)F)C(F)(F)F. The molecule has 0 bridgehead atoms. The van der Waals surface area contributed by atoms with Gasteiger partial charge in [0.15, 0.2) is 17.5 Å². The minimum Gasteiger partial charge on any atom is -0.342 e. The monoisotopic (exact) mass is 850 g/mol. The fourth-order valence-corrected chi connectivity index (χ4v) is 8.81. The standard InChI is InChI=1S/C35H44ClF3N6O.C4F6O2/c1-20-26(36)16-23-25(34(5,6)32-40-19-41-43(32)7)17-35(30(23)42-20)11-14-44(15-12-35)31(46)22-10-13-45(33(2,3)4)18-24(22)21-8-9-27(37)29(39)28(21)38;5-3(6,7)1(11)2(12)4(8,9)10/h8-9,16,19,22,24-25H,10-15,17-18H2,1-7H3;/t22?,24-,25+;/m0./s1. The molecule has 19 heteroatoms. The van der Waals surface area contributed by atoms with Crippen LogP contribution in [0.5, 0.6) is 0 Å². The predicted molar refractivity (Wildman–Crippen MR) is 193 cm³/mol. The van der Waals surface area contributed by atoms with Crippen molar-refractivity contribution in [3.05, 3.63) is 75.3 Å². The summed E-state index contributed by atoms with van der Waals surface area (Å²) in [6.45, 7) is 14.6. The average molecular weight is 851 g/mol. The van der Waals surface area contributed by atoms with E-state index in [0.717, 1.165) is 48.1 Å². The molecule has 58 heavy (non-hydrogen) atoms. The van der Waals surface area contributed by atoms with E-state index in [4.69, 9.17) is 16.6 Å². The third-order valence-corrected chi connectivity index (χ3v) is 12.3. The van der Waals surface area contributed by atoms with Crippen molar-refractivity contribution in [2.24, 2.45) is 13.0 Å². The molecule has 3 atom stereocenters. The van der Waals surface area contributed by atoms with Gasteiger partial charge in [0.05, 0.1) is 16.4 Å². The molecule has 1 spiro atoms. The maximum Gasteiger partial charge on any atom is 0.458 e. The minimum absolute atomic E-state index is 0.0491. The number of piperidine rings is 2. The first-order chi connectivity index (χ1) is 26.6. The molecule has 0 radical (unpaired) electrons. The van der Waals surface area contributed by atoms with Crippen molar-refractivity contribution in [3.63, 3.8) is 0 Å². The van der Waals surface area contributed by atoms with Crippen LogP contribution in [0.1, 0.15) is 100 Å². The van der Waals surface area contributed by atoms with Crippen molar-refractivity contribution in [3.8, 4) is 0 Å². The number of rotatable bonds is 5. The lowest BCUT2D eigenvalue weighted by atomic mass is 9.70. The summed E-state index contributed by atoms with van der Waals surface area (Å²) >= 11 is 6.65. The molecule has 318 valence electrons. The lowest BCUT2D eigenvalue weighted by molar-refractivity contribution is -0.193. The number of amides is 1. The second-order valence-electron chi connectivity index (χ2n) is 16.8. The molecule has 4 heterocycles. The number of carbonyl (C=O) groups is 3. The van der Waals surface area contributed by atoms with Crippen LogP contribution in [-0.4, -0.2) is 91.1 Å². The van der Waals surface area contributed by atoms with Crippen molar-refractivity contribution < 1.29 is 53.9 Å². The predicted octanol–water partition coefficient (Wildman–Crippen LogP) is 8.07. The molecule has 0 N–H and O–H groups in total. The maximum absolute atomic E-state index is 15.2. The molecule has 6 rings (SSSR count). The maximum atomic E-state index is 15.2. The number of nitrogens with zero attached hydrogens (tertiary/aromatic N) is 6. The third kappa shape index (κ3) is 8.63. The first-order valence-corrected chi connectivity index (χ1v) is 18.9. The van der Waals surface area contributed by atoms with E-state index in [2.05, 4.69) is 55.7 Å². The van der Waals surface area contributed by atoms with Gasteiger partial charge in [-0.05, 0) is 89.1 Å². The zero-order valence-electron chi connectivity index (χ0n) is 32.9. The number of Topliss-reactive ketones (excluding diaryl/α,β-unsaturated/α-hetero) is 2. The van der Waals surface area contributed by atoms with Gasteiger partial charge < -0.3 is 4.90 Å². The molecular weight excluding hydrogens is 807 g/mol. The van der Waals surface area contributed by atoms with Crippen LogP contribution in [0.25, 0.3) is 0 Å². The molecule has 3 aromatic rings. The zero-order chi connectivity index (χ0) is 43.5. The second kappa shape index (κ2) is 15.8. The number of hydrogen-bond donors (Lipinski definition) is 0. The van der Waals surface area contributed by atoms with Crippen LogP contribution in [0.15, 0.2) is 24.5 Å². The number of aryl methyl sites for hydroxylation is 2. The summed E-state index contributed by atoms with van der Waals surface area (Å²) in [6.07, 6.45) is -7.13. The quantitative estimate of drug-likeness (QED) is 0.146. The highest BCUT2D eigenvalue weighted by Crippen LogP contribution is 2.57. The van der Waals surface area contributed by atoms with E-state index in [1.807, 2.05) is 23.6 Å². The molecule has 1 unspecified atom stereocenters. The Hall–Kier alpha value is -4.06. The number of pyridine rings is 1. The van der Waals surface area contributed by atoms with E-state index in [-0.39, 0.29) is 33.8 Å². The van der Waals surface area contributed by atoms with Gasteiger partial charge in [-0.15, -0.1) is 0 Å². The first kappa shape index (κ1) is 45.0. The van der Waals surface area contributed by atoms with Crippen LogP contribution in [0.3, 0.4) is 0 Å². The molecule has 1 amide bonds. The Morgan fingerprint density at radius 2 is 1.45 bits per heavy atom. The number of fused-ring (bicyclic) bond motifs is 2. The van der Waals surface area contributed by atoms with E-state index in [1.165, 1.54) is 6.07 Å². The van der Waals surface area contributed by atoms with Crippen molar-refractivity contribution in [2.75, 3.05) is 26.2 Å². The van der Waals surface area contributed by atoms with E-state index >= 15 is 4.39 Å². The van der Waals surface area contributed by atoms with Gasteiger partial charge in [0, 0.05) is 54.9 Å². The first-order valence-electron chi connectivity index (χ1n) is 18.5. The number of carbonyl (C=O) groups excluding carboxylic acids is 3. The van der Waals surface area contributed by atoms with Gasteiger partial charge in [0.25, 0.3) is 0 Å². The Labute approximate surface area is 334 Å². The summed E-state index contributed by atoms with van der Waals surface area (Å²) in [5.41, 5.74) is 2.24. The smallest absolute Gasteiger partial charge is 0.342 e. The number of halogens is 10. The van der Waals surface area contributed by atoms with Gasteiger partial charge in [0.2, 0.25) is 5.91 Å². The molecular formula is C39H44ClF9N6O3. The molecule has 9 nitrogen and oxygen atoms in total. The lowest BCUT2D eigenvalue weighted by Crippen LogP contribution is -2.54. The van der Waals surface area contributed by atoms with E-state index in [9.17, 15) is 49.5 Å². The highest BCUT2D eigenvalue weighted by molar-refractivity contribution is 6.41. The van der Waals surface area contributed by atoms with Crippen LogP contribution in [-0.2, 0) is 32.3 Å². The number of ketones is 2. The minimum atomic E-state index is -5.77. The fraction of sp³-hybridized carbons (Fsp3) is 0.590. The van der Waals surface area contributed by atoms with Crippen LogP contribution in [0, 0.1) is 30.3 Å². The summed E-state index contributed by atoms with van der Waals surface area (Å²) in [5.74, 6) is -10.9. The normalized spacial score (nSPS) is 21.4. The van der Waals surface area contributed by atoms with E-state index in [1.54, 1.807) is 6.33 Å². The van der Waals surface area contributed by atoms with Crippen LogP contribution >= 0.6 is 11.6 Å². The summed E-state index contributed by atoms with van der Waals surface area (Å²) in [7, 11) is 1.91. The summed E-state index contributed by atoms with van der Waals surface area (Å²) in [4.78, 5) is 47.3. The van der Waals surface area contributed by atoms with Crippen LogP contribution < -0.4 is 0 Å². The zero-order valence-corrected chi connectivity index (χ0v) is 33.6. The van der Waals surface area contributed by atoms with Gasteiger partial charge in [-0.2, -0.15) is 31.4 Å². The van der Waals surface area contributed by atoms with Crippen molar-refractivity contribution in [1.82, 2.24) is 29.5 Å². The largest absolute Gasteiger partial charge is 0.458 e. The van der Waals surface area contributed by atoms with Crippen molar-refractivity contribution in [1.29, 1.82) is 0 Å². The Morgan fingerprint density at radius 3 is 1.97 bits per heavy atom. The van der Waals surface area contributed by atoms with Gasteiger partial charge >= 0.3 is 23.9 Å². The van der Waals surface area contributed by atoms with E-state index in [0.29, 0.717) is 37.6 Å². The molecule has 1 aliphatic carbocycles. The third-order valence-electron chi connectivity index (χ3n) is 11.9. The van der Waals surface area contributed by atoms with Gasteiger partial charge in [-0.25, -0.2) is 18.2 Å². The summed E-state index contributed by atoms with van der Waals surface area (Å²) < 4.78 is 112. The molecule has 2 fully saturated rings. The average Bonchev–Trinajstić information content (AvgIpc) is 3.71.